The molecule has 0 aliphatic carbocycles. The Morgan fingerprint density at radius 3 is 2.85 bits per heavy atom. The summed E-state index contributed by atoms with van der Waals surface area (Å²) >= 11 is 0. The van der Waals surface area contributed by atoms with E-state index < -0.39 is 5.91 Å². The summed E-state index contributed by atoms with van der Waals surface area (Å²) in [5, 5.41) is 13.1. The number of nitrogens with one attached hydrogen (secondary N) is 1. The number of hydrazone groups is 1. The fourth-order valence-electron chi connectivity index (χ4n) is 2.24. The van der Waals surface area contributed by atoms with Gasteiger partial charge < -0.3 is 9.47 Å². The predicted molar refractivity (Wildman–Crippen MR) is 102 cm³/mol. The second-order valence-corrected chi connectivity index (χ2v) is 5.52. The Morgan fingerprint density at radius 2 is 2.15 bits per heavy atom. The van der Waals surface area contributed by atoms with Crippen LogP contribution in [-0.4, -0.2) is 30.8 Å². The van der Waals surface area contributed by atoms with Crippen LogP contribution in [-0.2, 0) is 16.1 Å². The van der Waals surface area contributed by atoms with Crippen LogP contribution in [0.5, 0.6) is 5.88 Å². The van der Waals surface area contributed by atoms with Crippen molar-refractivity contribution in [1.29, 1.82) is 5.26 Å². The number of aromatic nitrogens is 1. The molecule has 0 atom stereocenters. The highest BCUT2D eigenvalue weighted by atomic mass is 16.5. The summed E-state index contributed by atoms with van der Waals surface area (Å²) in [6.45, 7) is 1.72. The molecule has 2 aromatic rings. The normalized spacial score (nSPS) is 10.9. The predicted octanol–water partition coefficient (Wildman–Crippen LogP) is 2.60. The number of carbonyl (C=O) groups excluding carboxylic acids is 1. The number of pyridine rings is 1. The van der Waals surface area contributed by atoms with Crippen molar-refractivity contribution in [3.63, 3.8) is 0 Å². The lowest BCUT2D eigenvalue weighted by Gasteiger charge is -2.10. The van der Waals surface area contributed by atoms with Crippen LogP contribution in [0.15, 0.2) is 47.6 Å². The molecule has 0 saturated heterocycles. The van der Waals surface area contributed by atoms with Crippen molar-refractivity contribution in [1.82, 2.24) is 10.4 Å². The van der Waals surface area contributed by atoms with Crippen LogP contribution in [0.25, 0.3) is 6.08 Å². The number of nitrogens with zero attached hydrogens (tertiary/aromatic N) is 3. The zero-order valence-electron chi connectivity index (χ0n) is 15.2. The highest BCUT2D eigenvalue weighted by molar-refractivity contribution is 5.82. The second kappa shape index (κ2) is 10.5. The number of carbonyl (C=O) groups is 1. The smallest absolute Gasteiger partial charge is 0.278 e. The van der Waals surface area contributed by atoms with Gasteiger partial charge in [0.2, 0.25) is 5.88 Å². The number of hydrogen-bond donors (Lipinski definition) is 1. The molecule has 0 aliphatic heterocycles. The minimum atomic E-state index is -0.458. The molecule has 7 nitrogen and oxygen atoms in total. The SMILES string of the molecule is COCc1cc(C)nc(OCC(=O)N/N=C/C=C/c2ccccc2)c1C#N. The monoisotopic (exact) mass is 364 g/mol. The van der Waals surface area contributed by atoms with E-state index >= 15 is 0 Å². The molecule has 27 heavy (non-hydrogen) atoms. The topological polar surface area (TPSA) is 96.6 Å². The number of aryl methyl sites for hydroxylation is 1. The van der Waals surface area contributed by atoms with E-state index in [4.69, 9.17) is 9.47 Å². The third kappa shape index (κ3) is 6.38. The maximum absolute atomic E-state index is 11.8. The molecular formula is C20H20N4O3. The highest BCUT2D eigenvalue weighted by Crippen LogP contribution is 2.21. The number of rotatable bonds is 8. The van der Waals surface area contributed by atoms with Gasteiger partial charge >= 0.3 is 0 Å². The van der Waals surface area contributed by atoms with E-state index in [-0.39, 0.29) is 24.7 Å². The van der Waals surface area contributed by atoms with Crippen LogP contribution in [0.1, 0.15) is 22.4 Å². The Kier molecular flexibility index (Phi) is 7.69. The van der Waals surface area contributed by atoms with Crippen LogP contribution in [0.4, 0.5) is 0 Å². The van der Waals surface area contributed by atoms with Gasteiger partial charge in [-0.1, -0.05) is 36.4 Å². The summed E-state index contributed by atoms with van der Waals surface area (Å²) in [6.07, 6.45) is 5.04. The van der Waals surface area contributed by atoms with E-state index in [9.17, 15) is 10.1 Å². The van der Waals surface area contributed by atoms with Crippen LogP contribution < -0.4 is 10.2 Å². The number of ether oxygens (including phenoxy) is 2. The van der Waals surface area contributed by atoms with Crippen molar-refractivity contribution < 1.29 is 14.3 Å². The first-order valence-corrected chi connectivity index (χ1v) is 8.20. The maximum atomic E-state index is 11.8. The standard InChI is InChI=1S/C20H20N4O3/c1-15-11-17(13-26-2)18(12-21)20(23-15)27-14-19(25)24-22-10-6-9-16-7-4-3-5-8-16/h3-11H,13-14H2,1-2H3,(H,24,25)/b9-6+,22-10+. The van der Waals surface area contributed by atoms with Crippen molar-refractivity contribution in [2.75, 3.05) is 13.7 Å². The molecule has 1 heterocycles. The minimum absolute atomic E-state index is 0.104. The van der Waals surface area contributed by atoms with E-state index in [2.05, 4.69) is 15.5 Å². The molecule has 1 aromatic heterocycles. The van der Waals surface area contributed by atoms with Gasteiger partial charge in [-0.15, -0.1) is 0 Å². The number of hydrogen-bond acceptors (Lipinski definition) is 6. The molecule has 7 heteroatoms. The summed E-state index contributed by atoms with van der Waals surface area (Å²) in [6, 6.07) is 13.5. The molecule has 0 aliphatic rings. The molecule has 0 bridgehead atoms. The van der Waals surface area contributed by atoms with Crippen LogP contribution in [0.3, 0.4) is 0 Å². The maximum Gasteiger partial charge on any atom is 0.278 e. The molecule has 2 rings (SSSR count). The second-order valence-electron chi connectivity index (χ2n) is 5.52. The van der Waals surface area contributed by atoms with Gasteiger partial charge in [-0.05, 0) is 24.6 Å². The van der Waals surface area contributed by atoms with E-state index in [1.807, 2.05) is 42.5 Å². The fraction of sp³-hybridized carbons (Fsp3) is 0.200. The number of amides is 1. The molecule has 0 fully saturated rings. The lowest BCUT2D eigenvalue weighted by atomic mass is 10.1. The van der Waals surface area contributed by atoms with E-state index in [1.54, 1.807) is 19.1 Å². The van der Waals surface area contributed by atoms with E-state index in [1.165, 1.54) is 13.3 Å². The van der Waals surface area contributed by atoms with Crippen molar-refractivity contribution in [2.24, 2.45) is 5.10 Å². The minimum Gasteiger partial charge on any atom is -0.467 e. The van der Waals surface area contributed by atoms with Crippen LogP contribution in [0.2, 0.25) is 0 Å². The van der Waals surface area contributed by atoms with Crippen molar-refractivity contribution >= 4 is 18.2 Å². The first-order chi connectivity index (χ1) is 13.1. The van der Waals surface area contributed by atoms with E-state index in [0.29, 0.717) is 11.3 Å². The first-order valence-electron chi connectivity index (χ1n) is 8.20. The summed E-state index contributed by atoms with van der Waals surface area (Å²) in [4.78, 5) is 16.0. The Labute approximate surface area is 157 Å². The van der Waals surface area contributed by atoms with E-state index in [0.717, 1.165) is 5.56 Å². The van der Waals surface area contributed by atoms with Gasteiger partial charge in [-0.25, -0.2) is 10.4 Å². The largest absolute Gasteiger partial charge is 0.467 e. The van der Waals surface area contributed by atoms with Gasteiger partial charge in [0.25, 0.3) is 5.91 Å². The zero-order valence-corrected chi connectivity index (χ0v) is 15.2. The number of nitriles is 1. The third-order valence-electron chi connectivity index (χ3n) is 3.39. The average molecular weight is 364 g/mol. The first kappa shape index (κ1) is 19.8. The summed E-state index contributed by atoms with van der Waals surface area (Å²) in [5.74, 6) is -0.354. The molecule has 1 amide bonds. The molecular weight excluding hydrogens is 344 g/mol. The number of benzene rings is 1. The summed E-state index contributed by atoms with van der Waals surface area (Å²) in [5.41, 5.74) is 4.96. The summed E-state index contributed by atoms with van der Waals surface area (Å²) < 4.78 is 10.5. The van der Waals surface area contributed by atoms with Crippen molar-refractivity contribution in [3.05, 3.63) is 64.9 Å². The van der Waals surface area contributed by atoms with Crippen molar-refractivity contribution in [3.8, 4) is 11.9 Å². The Hall–Kier alpha value is -3.50. The Morgan fingerprint density at radius 1 is 1.37 bits per heavy atom. The lowest BCUT2D eigenvalue weighted by molar-refractivity contribution is -0.123. The quantitative estimate of drug-likeness (QED) is 0.574. The van der Waals surface area contributed by atoms with Gasteiger partial charge in [0.1, 0.15) is 11.6 Å². The fourth-order valence-corrected chi connectivity index (χ4v) is 2.24. The van der Waals surface area contributed by atoms with Gasteiger partial charge in [0.15, 0.2) is 6.61 Å². The van der Waals surface area contributed by atoms with Gasteiger partial charge in [0, 0.05) is 24.6 Å². The molecule has 0 spiro atoms. The van der Waals surface area contributed by atoms with Crippen LogP contribution >= 0.6 is 0 Å². The lowest BCUT2D eigenvalue weighted by Crippen LogP contribution is -2.25. The Bertz CT molecular complexity index is 871. The molecule has 0 radical (unpaired) electrons. The van der Waals surface area contributed by atoms with Crippen molar-refractivity contribution in [2.45, 2.75) is 13.5 Å². The third-order valence-corrected chi connectivity index (χ3v) is 3.39. The van der Waals surface area contributed by atoms with Gasteiger partial charge in [-0.2, -0.15) is 10.4 Å². The number of allylic oxidation sites excluding steroid dienone is 1. The van der Waals surface area contributed by atoms with Crippen LogP contribution in [0, 0.1) is 18.3 Å². The molecule has 0 saturated carbocycles. The molecule has 1 aromatic carbocycles. The number of methoxy groups -OCH3 is 1. The molecule has 1 N–H and O–H groups in total. The zero-order chi connectivity index (χ0) is 19.5. The highest BCUT2D eigenvalue weighted by Gasteiger charge is 2.14. The molecule has 0 unspecified atom stereocenters. The Balaban J connectivity index is 1.89. The van der Waals surface area contributed by atoms with Gasteiger partial charge in [-0.3, -0.25) is 4.79 Å². The average Bonchev–Trinajstić information content (AvgIpc) is 2.67. The molecule has 138 valence electrons. The van der Waals surface area contributed by atoms with Gasteiger partial charge in [0.05, 0.1) is 6.61 Å². The summed E-state index contributed by atoms with van der Waals surface area (Å²) in [7, 11) is 1.54.